The van der Waals surface area contributed by atoms with Crippen molar-refractivity contribution in [2.24, 2.45) is 0 Å². The van der Waals surface area contributed by atoms with Crippen molar-refractivity contribution in [2.75, 3.05) is 0 Å². The van der Waals surface area contributed by atoms with Crippen LogP contribution in [0.15, 0.2) is 27.2 Å². The van der Waals surface area contributed by atoms with E-state index in [0.717, 1.165) is 12.1 Å². The molecule has 2 rings (SSSR count). The summed E-state index contributed by atoms with van der Waals surface area (Å²) < 4.78 is 31.1. The highest BCUT2D eigenvalue weighted by atomic mass is 79.9. The van der Waals surface area contributed by atoms with Crippen LogP contribution in [0.4, 0.5) is 8.78 Å². The zero-order valence-electron chi connectivity index (χ0n) is 7.67. The average Bonchev–Trinajstić information content (AvgIpc) is 2.60. The highest BCUT2D eigenvalue weighted by Crippen LogP contribution is 2.32. The van der Waals surface area contributed by atoms with Gasteiger partial charge in [0, 0.05) is 6.07 Å². The number of hydrogen-bond acceptors (Lipinski definition) is 3. The molecule has 1 aromatic heterocycles. The number of rotatable bonds is 1. The molecule has 0 aliphatic rings. The molecule has 3 nitrogen and oxygen atoms in total. The van der Waals surface area contributed by atoms with Crippen molar-refractivity contribution in [3.63, 3.8) is 0 Å². The zero-order valence-corrected chi connectivity index (χ0v) is 9.25. The van der Waals surface area contributed by atoms with Gasteiger partial charge in [0.1, 0.15) is 22.2 Å². The lowest BCUT2D eigenvalue weighted by Crippen LogP contribution is -1.85. The molecule has 0 N–H and O–H groups in total. The lowest BCUT2D eigenvalue weighted by atomic mass is 10.1. The van der Waals surface area contributed by atoms with Gasteiger partial charge < -0.3 is 4.52 Å². The molecule has 0 saturated heterocycles. The molecule has 0 saturated carbocycles. The van der Waals surface area contributed by atoms with Crippen molar-refractivity contribution in [2.45, 2.75) is 0 Å². The Hall–Kier alpha value is -1.74. The number of aromatic nitrogens is 1. The summed E-state index contributed by atoms with van der Waals surface area (Å²) in [6.45, 7) is 0. The van der Waals surface area contributed by atoms with Crippen molar-refractivity contribution >= 4 is 15.9 Å². The summed E-state index contributed by atoms with van der Waals surface area (Å²) in [4.78, 5) is 0. The van der Waals surface area contributed by atoms with Crippen molar-refractivity contribution < 1.29 is 13.3 Å². The number of benzene rings is 1. The van der Waals surface area contributed by atoms with E-state index in [1.165, 1.54) is 6.07 Å². The van der Waals surface area contributed by atoms with Gasteiger partial charge in [-0.3, -0.25) is 0 Å². The molecule has 0 radical (unpaired) electrons. The van der Waals surface area contributed by atoms with Gasteiger partial charge in [-0.25, -0.2) is 8.78 Å². The fourth-order valence-corrected chi connectivity index (χ4v) is 1.64. The standard InChI is InChI=1S/C10H3BrF2N2O/c11-9-8(4-14)15-16-10(9)6-2-1-5(12)3-7(6)13/h1-3H. The number of hydrogen-bond donors (Lipinski definition) is 0. The molecule has 0 unspecified atom stereocenters. The van der Waals surface area contributed by atoms with Gasteiger partial charge >= 0.3 is 0 Å². The minimum atomic E-state index is -0.777. The molecule has 16 heavy (non-hydrogen) atoms. The molecule has 2 aromatic rings. The third-order valence-corrected chi connectivity index (χ3v) is 2.65. The summed E-state index contributed by atoms with van der Waals surface area (Å²) in [6.07, 6.45) is 0. The normalized spacial score (nSPS) is 10.1. The fraction of sp³-hybridized carbons (Fsp3) is 0. The van der Waals surface area contributed by atoms with Crippen LogP contribution in [-0.4, -0.2) is 5.16 Å². The van der Waals surface area contributed by atoms with Gasteiger partial charge in [-0.15, -0.1) is 0 Å². The summed E-state index contributed by atoms with van der Waals surface area (Å²) in [5.74, 6) is -1.40. The SMILES string of the molecule is N#Cc1noc(-c2ccc(F)cc2F)c1Br. The largest absolute Gasteiger partial charge is 0.354 e. The van der Waals surface area contributed by atoms with Crippen molar-refractivity contribution in [1.29, 1.82) is 5.26 Å². The molecular weight excluding hydrogens is 282 g/mol. The van der Waals surface area contributed by atoms with Crippen LogP contribution in [0.5, 0.6) is 0 Å². The van der Waals surface area contributed by atoms with Crippen LogP contribution in [0.25, 0.3) is 11.3 Å². The van der Waals surface area contributed by atoms with E-state index < -0.39 is 11.6 Å². The van der Waals surface area contributed by atoms with Crippen LogP contribution in [0.2, 0.25) is 0 Å². The molecule has 0 aliphatic carbocycles. The van der Waals surface area contributed by atoms with Crippen LogP contribution >= 0.6 is 15.9 Å². The topological polar surface area (TPSA) is 49.8 Å². The lowest BCUT2D eigenvalue weighted by Gasteiger charge is -1.98. The number of nitrogens with zero attached hydrogens (tertiary/aromatic N) is 2. The minimum absolute atomic E-state index is 0.0127. The molecule has 6 heteroatoms. The third-order valence-electron chi connectivity index (χ3n) is 1.92. The van der Waals surface area contributed by atoms with E-state index in [0.29, 0.717) is 0 Å². The van der Waals surface area contributed by atoms with Crippen LogP contribution in [0.3, 0.4) is 0 Å². The van der Waals surface area contributed by atoms with E-state index >= 15 is 0 Å². The third kappa shape index (κ3) is 1.70. The molecule has 80 valence electrons. The first kappa shape index (κ1) is 10.8. The summed E-state index contributed by atoms with van der Waals surface area (Å²) in [6, 6.07) is 4.82. The second kappa shape index (κ2) is 4.02. The van der Waals surface area contributed by atoms with Gasteiger partial charge in [-0.2, -0.15) is 5.26 Å². The summed E-state index contributed by atoms with van der Waals surface area (Å²) in [5.41, 5.74) is 0.0565. The van der Waals surface area contributed by atoms with Crippen molar-refractivity contribution in [3.8, 4) is 17.4 Å². The Kier molecular flexibility index (Phi) is 2.71. The maximum atomic E-state index is 13.4. The van der Waals surface area contributed by atoms with Crippen LogP contribution in [-0.2, 0) is 0 Å². The molecule has 0 bridgehead atoms. The first-order chi connectivity index (χ1) is 7.63. The molecular formula is C10H3BrF2N2O. The van der Waals surface area contributed by atoms with Gasteiger partial charge in [0.2, 0.25) is 0 Å². The van der Waals surface area contributed by atoms with Gasteiger partial charge in [-0.1, -0.05) is 5.16 Å². The molecule has 0 atom stereocenters. The van der Waals surface area contributed by atoms with E-state index in [1.807, 2.05) is 0 Å². The first-order valence-corrected chi connectivity index (χ1v) is 4.93. The van der Waals surface area contributed by atoms with Gasteiger partial charge in [0.05, 0.1) is 5.56 Å². The predicted octanol–water partition coefficient (Wildman–Crippen LogP) is 3.25. The highest BCUT2D eigenvalue weighted by Gasteiger charge is 2.18. The van der Waals surface area contributed by atoms with Crippen LogP contribution < -0.4 is 0 Å². The summed E-state index contributed by atoms with van der Waals surface area (Å²) in [5, 5.41) is 12.1. The van der Waals surface area contributed by atoms with E-state index in [-0.39, 0.29) is 21.5 Å². The Labute approximate surface area is 97.4 Å². The van der Waals surface area contributed by atoms with Crippen LogP contribution in [0, 0.1) is 23.0 Å². The summed E-state index contributed by atoms with van der Waals surface area (Å²) >= 11 is 3.06. The van der Waals surface area contributed by atoms with Crippen LogP contribution in [0.1, 0.15) is 5.69 Å². The zero-order chi connectivity index (χ0) is 11.7. The Bertz CT molecular complexity index is 589. The Morgan fingerprint density at radius 3 is 2.69 bits per heavy atom. The summed E-state index contributed by atoms with van der Waals surface area (Å²) in [7, 11) is 0. The maximum Gasteiger partial charge on any atom is 0.198 e. The first-order valence-electron chi connectivity index (χ1n) is 4.14. The Morgan fingerprint density at radius 1 is 1.38 bits per heavy atom. The molecule has 0 amide bonds. The smallest absolute Gasteiger partial charge is 0.198 e. The van der Waals surface area contributed by atoms with Crippen molar-refractivity contribution in [3.05, 3.63) is 40.0 Å². The van der Waals surface area contributed by atoms with E-state index in [1.54, 1.807) is 6.07 Å². The predicted molar refractivity (Wildman–Crippen MR) is 54.3 cm³/mol. The quantitative estimate of drug-likeness (QED) is 0.808. The molecule has 0 aliphatic heterocycles. The molecule has 1 aromatic carbocycles. The van der Waals surface area contributed by atoms with E-state index in [2.05, 4.69) is 21.1 Å². The molecule has 1 heterocycles. The highest BCUT2D eigenvalue weighted by molar-refractivity contribution is 9.10. The Balaban J connectivity index is 2.60. The van der Waals surface area contributed by atoms with Gasteiger partial charge in [0.15, 0.2) is 11.5 Å². The van der Waals surface area contributed by atoms with E-state index in [9.17, 15) is 8.78 Å². The molecule has 0 spiro atoms. The van der Waals surface area contributed by atoms with Crippen molar-refractivity contribution in [1.82, 2.24) is 5.16 Å². The Morgan fingerprint density at radius 2 is 2.12 bits per heavy atom. The number of halogens is 3. The minimum Gasteiger partial charge on any atom is -0.354 e. The maximum absolute atomic E-state index is 13.4. The lowest BCUT2D eigenvalue weighted by molar-refractivity contribution is 0.427. The average molecular weight is 285 g/mol. The fourth-order valence-electron chi connectivity index (χ4n) is 1.19. The molecule has 0 fully saturated rings. The van der Waals surface area contributed by atoms with Gasteiger partial charge in [-0.05, 0) is 28.1 Å². The number of nitriles is 1. The monoisotopic (exact) mass is 284 g/mol. The van der Waals surface area contributed by atoms with E-state index in [4.69, 9.17) is 9.78 Å². The van der Waals surface area contributed by atoms with Gasteiger partial charge in [0.25, 0.3) is 0 Å². The second-order valence-electron chi connectivity index (χ2n) is 2.91. The second-order valence-corrected chi connectivity index (χ2v) is 3.70.